The Labute approximate surface area is 144 Å². The molecule has 0 aliphatic rings. The summed E-state index contributed by atoms with van der Waals surface area (Å²) in [5, 5.41) is 0.708. The van der Waals surface area contributed by atoms with Crippen molar-refractivity contribution in [1.29, 1.82) is 0 Å². The van der Waals surface area contributed by atoms with E-state index in [9.17, 15) is 9.18 Å². The topological polar surface area (TPSA) is 66.2 Å². The van der Waals surface area contributed by atoms with Crippen molar-refractivity contribution >= 4 is 17.0 Å². The molecule has 130 valence electrons. The van der Waals surface area contributed by atoms with Crippen molar-refractivity contribution in [2.24, 2.45) is 0 Å². The highest BCUT2D eigenvalue weighted by Crippen LogP contribution is 2.26. The quantitative estimate of drug-likeness (QED) is 0.644. The molecule has 7 heteroatoms. The zero-order valence-electron chi connectivity index (χ0n) is 14.0. The largest absolute Gasteiger partial charge is 0.466 e. The number of halogens is 1. The smallest absolute Gasteiger partial charge is 0.343 e. The van der Waals surface area contributed by atoms with E-state index in [1.807, 2.05) is 23.6 Å². The van der Waals surface area contributed by atoms with E-state index in [1.54, 1.807) is 6.07 Å². The number of rotatable bonds is 6. The number of carbonyl (C=O) groups excluding carboxylic acids is 1. The van der Waals surface area contributed by atoms with E-state index in [0.717, 1.165) is 17.7 Å². The summed E-state index contributed by atoms with van der Waals surface area (Å²) < 4.78 is 25.5. The second kappa shape index (κ2) is 7.29. The fraction of sp³-hybridized carbons (Fsp3) is 0.278. The molecule has 2 aromatic heterocycles. The van der Waals surface area contributed by atoms with Crippen molar-refractivity contribution in [2.45, 2.75) is 19.9 Å². The predicted octanol–water partition coefficient (Wildman–Crippen LogP) is 2.73. The van der Waals surface area contributed by atoms with Gasteiger partial charge in [-0.05, 0) is 30.2 Å². The molecule has 0 fully saturated rings. The first kappa shape index (κ1) is 16.9. The maximum absolute atomic E-state index is 13.5. The van der Waals surface area contributed by atoms with Gasteiger partial charge in [-0.25, -0.2) is 19.2 Å². The number of methoxy groups -OCH3 is 1. The first-order valence-corrected chi connectivity index (χ1v) is 7.89. The number of aryl methyl sites for hydroxylation is 1. The van der Waals surface area contributed by atoms with Crippen LogP contribution in [0.4, 0.5) is 4.39 Å². The zero-order chi connectivity index (χ0) is 17.8. The van der Waals surface area contributed by atoms with E-state index < -0.39 is 5.97 Å². The summed E-state index contributed by atoms with van der Waals surface area (Å²) >= 11 is 0. The van der Waals surface area contributed by atoms with Crippen molar-refractivity contribution in [3.05, 3.63) is 53.7 Å². The molecule has 0 radical (unpaired) electrons. The number of fused-ring (bicyclic) bond motifs is 1. The summed E-state index contributed by atoms with van der Waals surface area (Å²) in [5.41, 5.74) is 2.53. The third-order valence-corrected chi connectivity index (χ3v) is 3.89. The van der Waals surface area contributed by atoms with Gasteiger partial charge in [0.2, 0.25) is 5.88 Å². The SMILES string of the molecule is CCc1cc2c(OCC(=O)OC)ncnc2n1Cc1cccc(F)c1. The van der Waals surface area contributed by atoms with Crippen LogP contribution in [0.3, 0.4) is 0 Å². The van der Waals surface area contributed by atoms with Gasteiger partial charge in [0, 0.05) is 12.2 Å². The molecule has 3 rings (SSSR count). The highest BCUT2D eigenvalue weighted by molar-refractivity contribution is 5.83. The number of ether oxygens (including phenoxy) is 2. The molecule has 3 aromatic rings. The van der Waals surface area contributed by atoms with E-state index >= 15 is 0 Å². The number of hydrogen-bond donors (Lipinski definition) is 0. The molecule has 0 spiro atoms. The molecule has 0 aliphatic carbocycles. The summed E-state index contributed by atoms with van der Waals surface area (Å²) in [6.07, 6.45) is 2.15. The Morgan fingerprint density at radius 2 is 2.12 bits per heavy atom. The van der Waals surface area contributed by atoms with Crippen LogP contribution in [0, 0.1) is 5.82 Å². The van der Waals surface area contributed by atoms with E-state index in [2.05, 4.69) is 14.7 Å². The average Bonchev–Trinajstić information content (AvgIpc) is 2.98. The summed E-state index contributed by atoms with van der Waals surface area (Å²) in [6, 6.07) is 8.40. The summed E-state index contributed by atoms with van der Waals surface area (Å²) in [7, 11) is 1.30. The van der Waals surface area contributed by atoms with Crippen LogP contribution in [0.5, 0.6) is 5.88 Å². The van der Waals surface area contributed by atoms with Crippen molar-refractivity contribution in [3.8, 4) is 5.88 Å². The Hall–Kier alpha value is -2.96. The lowest BCUT2D eigenvalue weighted by Gasteiger charge is -2.10. The Kier molecular flexibility index (Phi) is 4.92. The van der Waals surface area contributed by atoms with Crippen LogP contribution < -0.4 is 4.74 Å². The minimum absolute atomic E-state index is 0.223. The van der Waals surface area contributed by atoms with Crippen LogP contribution >= 0.6 is 0 Å². The third-order valence-electron chi connectivity index (χ3n) is 3.89. The fourth-order valence-corrected chi connectivity index (χ4v) is 2.68. The second-order valence-electron chi connectivity index (χ2n) is 5.49. The van der Waals surface area contributed by atoms with Crippen molar-refractivity contribution in [3.63, 3.8) is 0 Å². The second-order valence-corrected chi connectivity index (χ2v) is 5.49. The number of hydrogen-bond acceptors (Lipinski definition) is 5. The summed E-state index contributed by atoms with van der Waals surface area (Å²) in [5.74, 6) is -0.437. The van der Waals surface area contributed by atoms with Crippen LogP contribution in [0.25, 0.3) is 11.0 Å². The van der Waals surface area contributed by atoms with Crippen LogP contribution in [-0.2, 0) is 22.5 Å². The van der Waals surface area contributed by atoms with Gasteiger partial charge in [-0.1, -0.05) is 19.1 Å². The molecule has 0 saturated carbocycles. The number of carbonyl (C=O) groups is 1. The molecule has 0 unspecified atom stereocenters. The monoisotopic (exact) mass is 343 g/mol. The third kappa shape index (κ3) is 3.60. The molecule has 0 amide bonds. The number of nitrogens with zero attached hydrogens (tertiary/aromatic N) is 3. The minimum Gasteiger partial charge on any atom is -0.466 e. The lowest BCUT2D eigenvalue weighted by Crippen LogP contribution is -2.13. The lowest BCUT2D eigenvalue weighted by atomic mass is 10.2. The Morgan fingerprint density at radius 3 is 2.84 bits per heavy atom. The first-order chi connectivity index (χ1) is 12.1. The summed E-state index contributed by atoms with van der Waals surface area (Å²) in [4.78, 5) is 19.7. The molecular weight excluding hydrogens is 325 g/mol. The molecule has 0 aliphatic heterocycles. The van der Waals surface area contributed by atoms with Gasteiger partial charge in [-0.15, -0.1) is 0 Å². The van der Waals surface area contributed by atoms with Crippen molar-refractivity contribution in [2.75, 3.05) is 13.7 Å². The molecule has 25 heavy (non-hydrogen) atoms. The maximum atomic E-state index is 13.5. The van der Waals surface area contributed by atoms with Crippen LogP contribution in [0.1, 0.15) is 18.2 Å². The molecule has 0 atom stereocenters. The van der Waals surface area contributed by atoms with Crippen molar-refractivity contribution in [1.82, 2.24) is 14.5 Å². The first-order valence-electron chi connectivity index (χ1n) is 7.89. The maximum Gasteiger partial charge on any atom is 0.343 e. The van der Waals surface area contributed by atoms with E-state index in [4.69, 9.17) is 4.74 Å². The number of aromatic nitrogens is 3. The van der Waals surface area contributed by atoms with Gasteiger partial charge in [0.15, 0.2) is 6.61 Å². The molecule has 0 N–H and O–H groups in total. The Balaban J connectivity index is 1.99. The fourth-order valence-electron chi connectivity index (χ4n) is 2.68. The summed E-state index contributed by atoms with van der Waals surface area (Å²) in [6.45, 7) is 2.29. The molecule has 6 nitrogen and oxygen atoms in total. The normalized spacial score (nSPS) is 10.8. The average molecular weight is 343 g/mol. The highest BCUT2D eigenvalue weighted by Gasteiger charge is 2.15. The van der Waals surface area contributed by atoms with Crippen LogP contribution in [0.2, 0.25) is 0 Å². The van der Waals surface area contributed by atoms with Crippen LogP contribution in [0.15, 0.2) is 36.7 Å². The molecule has 0 saturated heterocycles. The number of benzene rings is 1. The van der Waals surface area contributed by atoms with Gasteiger partial charge in [0.05, 0.1) is 12.5 Å². The minimum atomic E-state index is -0.485. The lowest BCUT2D eigenvalue weighted by molar-refractivity contribution is -0.142. The zero-order valence-corrected chi connectivity index (χ0v) is 14.0. The van der Waals surface area contributed by atoms with Gasteiger partial charge in [0.25, 0.3) is 0 Å². The van der Waals surface area contributed by atoms with E-state index in [0.29, 0.717) is 23.5 Å². The van der Waals surface area contributed by atoms with Gasteiger partial charge in [-0.2, -0.15) is 0 Å². The van der Waals surface area contributed by atoms with Crippen LogP contribution in [-0.4, -0.2) is 34.2 Å². The predicted molar refractivity (Wildman–Crippen MR) is 89.9 cm³/mol. The van der Waals surface area contributed by atoms with E-state index in [1.165, 1.54) is 25.6 Å². The van der Waals surface area contributed by atoms with Gasteiger partial charge in [0.1, 0.15) is 17.8 Å². The Bertz CT molecular complexity index is 908. The molecular formula is C18H18FN3O3. The van der Waals surface area contributed by atoms with Crippen molar-refractivity contribution < 1.29 is 18.7 Å². The molecule has 1 aromatic carbocycles. The standard InChI is InChI=1S/C18H18FN3O3/c1-3-14-8-15-17(20-11-21-18(15)25-10-16(23)24-2)22(14)9-12-5-4-6-13(19)7-12/h4-8,11H,3,9-10H2,1-2H3. The van der Waals surface area contributed by atoms with Gasteiger partial charge in [-0.3, -0.25) is 0 Å². The highest BCUT2D eigenvalue weighted by atomic mass is 19.1. The Morgan fingerprint density at radius 1 is 1.28 bits per heavy atom. The van der Waals surface area contributed by atoms with Gasteiger partial charge >= 0.3 is 5.97 Å². The molecule has 2 heterocycles. The van der Waals surface area contributed by atoms with E-state index in [-0.39, 0.29) is 12.4 Å². The number of esters is 1. The van der Waals surface area contributed by atoms with Gasteiger partial charge < -0.3 is 14.0 Å². The molecule has 0 bridgehead atoms.